The van der Waals surface area contributed by atoms with E-state index in [1.807, 2.05) is 17.2 Å². The average molecular weight is 289 g/mol. The second-order valence-electron chi connectivity index (χ2n) is 3.67. The topological polar surface area (TPSA) is 33.2 Å². The maximum absolute atomic E-state index is 12.1. The molecule has 0 radical (unpaired) electrons. The van der Waals surface area contributed by atoms with Crippen LogP contribution in [0.15, 0.2) is 5.38 Å². The minimum atomic E-state index is 0.0845. The number of nitrogens with zero attached hydrogens (tertiary/aromatic N) is 2. The maximum Gasteiger partial charge on any atom is 0.273 e. The summed E-state index contributed by atoms with van der Waals surface area (Å²) in [6, 6.07) is 0.456. The Balaban J connectivity index is 2.10. The van der Waals surface area contributed by atoms with Gasteiger partial charge in [0, 0.05) is 23.3 Å². The van der Waals surface area contributed by atoms with E-state index in [1.165, 1.54) is 11.3 Å². The standard InChI is InChI=1S/C10H13BrN2OS/c1-7-12-9(6-15-7)10(14)13(5-4-11)8-2-3-8/h6,8H,2-5H2,1H3. The first kappa shape index (κ1) is 11.1. The van der Waals surface area contributed by atoms with E-state index in [-0.39, 0.29) is 5.91 Å². The minimum absolute atomic E-state index is 0.0845. The van der Waals surface area contributed by atoms with E-state index < -0.39 is 0 Å². The molecule has 1 saturated carbocycles. The molecule has 0 bridgehead atoms. The lowest BCUT2D eigenvalue weighted by Crippen LogP contribution is -2.34. The van der Waals surface area contributed by atoms with Gasteiger partial charge in [0.15, 0.2) is 0 Å². The molecule has 0 aliphatic heterocycles. The van der Waals surface area contributed by atoms with Crippen molar-refractivity contribution in [2.75, 3.05) is 11.9 Å². The molecule has 1 aliphatic carbocycles. The SMILES string of the molecule is Cc1nc(C(=O)N(CCBr)C2CC2)cs1. The van der Waals surface area contributed by atoms with Crippen molar-refractivity contribution in [1.29, 1.82) is 0 Å². The minimum Gasteiger partial charge on any atom is -0.333 e. The molecule has 1 amide bonds. The van der Waals surface area contributed by atoms with Crippen molar-refractivity contribution < 1.29 is 4.79 Å². The number of halogens is 1. The van der Waals surface area contributed by atoms with Crippen LogP contribution < -0.4 is 0 Å². The Morgan fingerprint density at radius 2 is 2.47 bits per heavy atom. The van der Waals surface area contributed by atoms with E-state index >= 15 is 0 Å². The number of aromatic nitrogens is 1. The third kappa shape index (κ3) is 2.58. The first-order chi connectivity index (χ1) is 7.22. The second-order valence-corrected chi connectivity index (χ2v) is 5.53. The predicted octanol–water partition coefficient (Wildman–Crippen LogP) is 2.45. The molecule has 2 rings (SSSR count). The fourth-order valence-corrected chi connectivity index (χ4v) is 2.50. The molecule has 3 nitrogen and oxygen atoms in total. The van der Waals surface area contributed by atoms with Gasteiger partial charge in [-0.15, -0.1) is 11.3 Å². The number of carbonyl (C=O) groups is 1. The quantitative estimate of drug-likeness (QED) is 0.798. The molecule has 1 aromatic heterocycles. The van der Waals surface area contributed by atoms with Gasteiger partial charge in [0.05, 0.1) is 5.01 Å². The van der Waals surface area contributed by atoms with Gasteiger partial charge in [-0.3, -0.25) is 4.79 Å². The Kier molecular flexibility index (Phi) is 3.41. The molecule has 82 valence electrons. The van der Waals surface area contributed by atoms with Gasteiger partial charge in [0.25, 0.3) is 5.91 Å². The molecule has 1 aromatic rings. The Labute approximate surface area is 102 Å². The van der Waals surface area contributed by atoms with Gasteiger partial charge in [-0.05, 0) is 19.8 Å². The number of hydrogen-bond acceptors (Lipinski definition) is 3. The van der Waals surface area contributed by atoms with E-state index in [2.05, 4.69) is 20.9 Å². The van der Waals surface area contributed by atoms with E-state index in [1.54, 1.807) is 0 Å². The number of hydrogen-bond donors (Lipinski definition) is 0. The Bertz CT molecular complexity index is 362. The van der Waals surface area contributed by atoms with Gasteiger partial charge in [0.2, 0.25) is 0 Å². The van der Waals surface area contributed by atoms with Gasteiger partial charge in [-0.1, -0.05) is 15.9 Å². The van der Waals surface area contributed by atoms with Gasteiger partial charge >= 0.3 is 0 Å². The summed E-state index contributed by atoms with van der Waals surface area (Å²) in [5.74, 6) is 0.0845. The van der Waals surface area contributed by atoms with Crippen LogP contribution in [0, 0.1) is 6.92 Å². The third-order valence-corrected chi connectivity index (χ3v) is 3.54. The summed E-state index contributed by atoms with van der Waals surface area (Å²) in [6.45, 7) is 2.70. The van der Waals surface area contributed by atoms with E-state index in [0.29, 0.717) is 11.7 Å². The van der Waals surface area contributed by atoms with Crippen LogP contribution in [0.1, 0.15) is 28.3 Å². The van der Waals surface area contributed by atoms with Gasteiger partial charge < -0.3 is 4.90 Å². The lowest BCUT2D eigenvalue weighted by molar-refractivity contribution is 0.0749. The van der Waals surface area contributed by atoms with Crippen molar-refractivity contribution in [2.45, 2.75) is 25.8 Å². The van der Waals surface area contributed by atoms with Gasteiger partial charge in [0.1, 0.15) is 5.69 Å². The van der Waals surface area contributed by atoms with Crippen molar-refractivity contribution >= 4 is 33.2 Å². The highest BCUT2D eigenvalue weighted by molar-refractivity contribution is 9.09. The number of alkyl halides is 1. The second kappa shape index (κ2) is 4.61. The van der Waals surface area contributed by atoms with Crippen LogP contribution >= 0.6 is 27.3 Å². The Morgan fingerprint density at radius 3 is 2.93 bits per heavy atom. The van der Waals surface area contributed by atoms with Crippen molar-refractivity contribution in [2.24, 2.45) is 0 Å². The lowest BCUT2D eigenvalue weighted by atomic mass is 10.3. The fourth-order valence-electron chi connectivity index (χ4n) is 1.54. The van der Waals surface area contributed by atoms with Crippen LogP contribution in [-0.2, 0) is 0 Å². The van der Waals surface area contributed by atoms with Crippen molar-refractivity contribution in [1.82, 2.24) is 9.88 Å². The molecule has 0 spiro atoms. The summed E-state index contributed by atoms with van der Waals surface area (Å²) in [4.78, 5) is 18.2. The number of amides is 1. The fraction of sp³-hybridized carbons (Fsp3) is 0.600. The summed E-state index contributed by atoms with van der Waals surface area (Å²) >= 11 is 4.91. The summed E-state index contributed by atoms with van der Waals surface area (Å²) < 4.78 is 0. The molecule has 1 heterocycles. The number of thiazole rings is 1. The summed E-state index contributed by atoms with van der Waals surface area (Å²) in [7, 11) is 0. The van der Waals surface area contributed by atoms with Crippen molar-refractivity contribution in [3.8, 4) is 0 Å². The average Bonchev–Trinajstić information content (AvgIpc) is 2.96. The van der Waals surface area contributed by atoms with E-state index in [4.69, 9.17) is 0 Å². The highest BCUT2D eigenvalue weighted by Gasteiger charge is 2.33. The molecule has 0 aromatic carbocycles. The molecule has 5 heteroatoms. The highest BCUT2D eigenvalue weighted by Crippen LogP contribution is 2.28. The molecule has 1 fully saturated rings. The van der Waals surface area contributed by atoms with E-state index in [0.717, 1.165) is 29.7 Å². The van der Waals surface area contributed by atoms with Crippen molar-refractivity contribution in [3.63, 3.8) is 0 Å². The zero-order chi connectivity index (χ0) is 10.8. The summed E-state index contributed by atoms with van der Waals surface area (Å²) in [6.07, 6.45) is 2.28. The smallest absolute Gasteiger partial charge is 0.273 e. The Morgan fingerprint density at radius 1 is 1.73 bits per heavy atom. The normalized spacial score (nSPS) is 15.3. The molecule has 15 heavy (non-hydrogen) atoms. The number of carbonyl (C=O) groups excluding carboxylic acids is 1. The summed E-state index contributed by atoms with van der Waals surface area (Å²) in [5.41, 5.74) is 0.602. The monoisotopic (exact) mass is 288 g/mol. The molecule has 1 aliphatic rings. The molecule has 0 unspecified atom stereocenters. The number of aryl methyl sites for hydroxylation is 1. The van der Waals surface area contributed by atoms with Crippen molar-refractivity contribution in [3.05, 3.63) is 16.1 Å². The predicted molar refractivity (Wildman–Crippen MR) is 64.7 cm³/mol. The maximum atomic E-state index is 12.1. The zero-order valence-electron chi connectivity index (χ0n) is 8.57. The largest absolute Gasteiger partial charge is 0.333 e. The molecular formula is C10H13BrN2OS. The third-order valence-electron chi connectivity index (χ3n) is 2.41. The lowest BCUT2D eigenvalue weighted by Gasteiger charge is -2.19. The van der Waals surface area contributed by atoms with Crippen LogP contribution in [0.5, 0.6) is 0 Å². The van der Waals surface area contributed by atoms with Crippen LogP contribution in [0.25, 0.3) is 0 Å². The van der Waals surface area contributed by atoms with E-state index in [9.17, 15) is 4.79 Å². The van der Waals surface area contributed by atoms with Crippen LogP contribution in [0.2, 0.25) is 0 Å². The van der Waals surface area contributed by atoms with Crippen LogP contribution in [-0.4, -0.2) is 33.7 Å². The molecule has 0 saturated heterocycles. The van der Waals surface area contributed by atoms with Crippen LogP contribution in [0.4, 0.5) is 0 Å². The molecule has 0 N–H and O–H groups in total. The molecular weight excluding hydrogens is 276 g/mol. The summed E-state index contributed by atoms with van der Waals surface area (Å²) in [5, 5.41) is 3.63. The highest BCUT2D eigenvalue weighted by atomic mass is 79.9. The van der Waals surface area contributed by atoms with Gasteiger partial charge in [-0.25, -0.2) is 4.98 Å². The Hall–Kier alpha value is -0.420. The number of rotatable bonds is 4. The van der Waals surface area contributed by atoms with Crippen LogP contribution in [0.3, 0.4) is 0 Å². The first-order valence-corrected chi connectivity index (χ1v) is 7.01. The zero-order valence-corrected chi connectivity index (χ0v) is 11.0. The molecule has 0 atom stereocenters. The first-order valence-electron chi connectivity index (χ1n) is 5.01. The van der Waals surface area contributed by atoms with Gasteiger partial charge in [-0.2, -0.15) is 0 Å².